The highest BCUT2D eigenvalue weighted by Gasteiger charge is 2.20. The first-order valence-electron chi connectivity index (χ1n) is 6.82. The Bertz CT molecular complexity index is 638. The third kappa shape index (κ3) is 2.78. The van der Waals surface area contributed by atoms with Gasteiger partial charge in [-0.15, -0.1) is 0 Å². The van der Waals surface area contributed by atoms with E-state index in [4.69, 9.17) is 0 Å². The van der Waals surface area contributed by atoms with Crippen molar-refractivity contribution in [1.82, 2.24) is 4.90 Å². The molecule has 2 nitrogen and oxygen atoms in total. The largest absolute Gasteiger partial charge is 0.338 e. The van der Waals surface area contributed by atoms with Gasteiger partial charge in [0.15, 0.2) is 0 Å². The standard InChI is InChI=1S/C17H16BrNO/c18-16-8-4-3-6-14(16)11-17(20)19-10-9-13-5-1-2-7-15(13)12-19/h1-8H,9-12H2. The van der Waals surface area contributed by atoms with Crippen LogP contribution in [0, 0.1) is 0 Å². The molecule has 1 heterocycles. The zero-order valence-corrected chi connectivity index (χ0v) is 12.8. The summed E-state index contributed by atoms with van der Waals surface area (Å²) >= 11 is 3.50. The molecule has 2 aromatic rings. The lowest BCUT2D eigenvalue weighted by atomic mass is 9.99. The molecule has 1 amide bonds. The molecule has 0 bridgehead atoms. The predicted molar refractivity (Wildman–Crippen MR) is 83.4 cm³/mol. The Balaban J connectivity index is 1.72. The topological polar surface area (TPSA) is 20.3 Å². The van der Waals surface area contributed by atoms with Crippen LogP contribution in [0.2, 0.25) is 0 Å². The van der Waals surface area contributed by atoms with Gasteiger partial charge in [0.2, 0.25) is 5.91 Å². The summed E-state index contributed by atoms with van der Waals surface area (Å²) < 4.78 is 1.01. The van der Waals surface area contributed by atoms with Crippen molar-refractivity contribution in [2.24, 2.45) is 0 Å². The van der Waals surface area contributed by atoms with E-state index in [1.54, 1.807) is 0 Å². The van der Waals surface area contributed by atoms with Crippen LogP contribution >= 0.6 is 15.9 Å². The van der Waals surface area contributed by atoms with Crippen LogP contribution in [-0.2, 0) is 24.2 Å². The minimum atomic E-state index is 0.200. The van der Waals surface area contributed by atoms with Crippen LogP contribution in [0.15, 0.2) is 53.0 Å². The molecule has 0 saturated heterocycles. The molecule has 0 unspecified atom stereocenters. The molecule has 20 heavy (non-hydrogen) atoms. The van der Waals surface area contributed by atoms with Gasteiger partial charge < -0.3 is 4.90 Å². The van der Waals surface area contributed by atoms with E-state index in [1.807, 2.05) is 35.2 Å². The summed E-state index contributed by atoms with van der Waals surface area (Å²) in [5, 5.41) is 0. The minimum absolute atomic E-state index is 0.200. The summed E-state index contributed by atoms with van der Waals surface area (Å²) in [6.45, 7) is 1.56. The van der Waals surface area contributed by atoms with Crippen LogP contribution in [0.4, 0.5) is 0 Å². The lowest BCUT2D eigenvalue weighted by molar-refractivity contribution is -0.131. The summed E-state index contributed by atoms with van der Waals surface area (Å²) in [7, 11) is 0. The fourth-order valence-electron chi connectivity index (χ4n) is 2.63. The number of amides is 1. The first-order chi connectivity index (χ1) is 9.74. The highest BCUT2D eigenvalue weighted by atomic mass is 79.9. The maximum Gasteiger partial charge on any atom is 0.227 e. The van der Waals surface area contributed by atoms with Gasteiger partial charge in [0.25, 0.3) is 0 Å². The van der Waals surface area contributed by atoms with E-state index in [-0.39, 0.29) is 5.91 Å². The number of carbonyl (C=O) groups is 1. The molecule has 3 heteroatoms. The van der Waals surface area contributed by atoms with Gasteiger partial charge >= 0.3 is 0 Å². The van der Waals surface area contributed by atoms with Crippen LogP contribution in [0.5, 0.6) is 0 Å². The van der Waals surface area contributed by atoms with Gasteiger partial charge in [-0.05, 0) is 29.2 Å². The molecule has 0 atom stereocenters. The number of nitrogens with zero attached hydrogens (tertiary/aromatic N) is 1. The van der Waals surface area contributed by atoms with Crippen LogP contribution in [-0.4, -0.2) is 17.4 Å². The Hall–Kier alpha value is -1.61. The highest BCUT2D eigenvalue weighted by Crippen LogP contribution is 2.21. The van der Waals surface area contributed by atoms with Crippen molar-refractivity contribution in [3.05, 3.63) is 69.7 Å². The van der Waals surface area contributed by atoms with Gasteiger partial charge in [-0.1, -0.05) is 58.4 Å². The normalized spacial score (nSPS) is 13.9. The van der Waals surface area contributed by atoms with Gasteiger partial charge in [0.05, 0.1) is 6.42 Å². The Morgan fingerprint density at radius 1 is 1.05 bits per heavy atom. The second-order valence-corrected chi connectivity index (χ2v) is 5.96. The first-order valence-corrected chi connectivity index (χ1v) is 7.61. The summed E-state index contributed by atoms with van der Waals surface area (Å²) in [5.74, 6) is 0.200. The summed E-state index contributed by atoms with van der Waals surface area (Å²) in [5.41, 5.74) is 3.70. The molecule has 3 rings (SSSR count). The quantitative estimate of drug-likeness (QED) is 0.824. The fraction of sp³-hybridized carbons (Fsp3) is 0.235. The maximum atomic E-state index is 12.4. The number of rotatable bonds is 2. The van der Waals surface area contributed by atoms with Gasteiger partial charge in [0.1, 0.15) is 0 Å². The van der Waals surface area contributed by atoms with Gasteiger partial charge in [0, 0.05) is 17.6 Å². The lowest BCUT2D eigenvalue weighted by Gasteiger charge is -2.29. The summed E-state index contributed by atoms with van der Waals surface area (Å²) in [6, 6.07) is 16.3. The number of halogens is 1. The van der Waals surface area contributed by atoms with Crippen molar-refractivity contribution >= 4 is 21.8 Å². The predicted octanol–water partition coefficient (Wildman–Crippen LogP) is 3.58. The molecule has 1 aliphatic heterocycles. The molecule has 0 aliphatic carbocycles. The first kappa shape index (κ1) is 13.4. The fourth-order valence-corrected chi connectivity index (χ4v) is 3.05. The van der Waals surface area contributed by atoms with Crippen LogP contribution in [0.1, 0.15) is 16.7 Å². The third-order valence-corrected chi connectivity index (χ3v) is 4.56. The van der Waals surface area contributed by atoms with E-state index in [0.29, 0.717) is 6.42 Å². The zero-order chi connectivity index (χ0) is 13.9. The molecule has 102 valence electrons. The van der Waals surface area contributed by atoms with Crippen molar-refractivity contribution in [2.75, 3.05) is 6.54 Å². The second-order valence-electron chi connectivity index (χ2n) is 5.10. The Kier molecular flexibility index (Phi) is 3.88. The van der Waals surface area contributed by atoms with Crippen molar-refractivity contribution < 1.29 is 4.79 Å². The Morgan fingerprint density at radius 2 is 1.75 bits per heavy atom. The van der Waals surface area contributed by atoms with Crippen molar-refractivity contribution in [3.63, 3.8) is 0 Å². The van der Waals surface area contributed by atoms with Crippen LogP contribution < -0.4 is 0 Å². The third-order valence-electron chi connectivity index (χ3n) is 3.78. The summed E-state index contributed by atoms with van der Waals surface area (Å²) in [6.07, 6.45) is 1.42. The van der Waals surface area contributed by atoms with Crippen LogP contribution in [0.25, 0.3) is 0 Å². The van der Waals surface area contributed by atoms with E-state index < -0.39 is 0 Å². The average Bonchev–Trinajstić information content (AvgIpc) is 2.49. The van der Waals surface area contributed by atoms with Crippen molar-refractivity contribution in [2.45, 2.75) is 19.4 Å². The molecule has 0 aromatic heterocycles. The van der Waals surface area contributed by atoms with E-state index in [0.717, 1.165) is 29.5 Å². The number of carbonyl (C=O) groups excluding carboxylic acids is 1. The molecule has 0 saturated carbocycles. The highest BCUT2D eigenvalue weighted by molar-refractivity contribution is 9.10. The molecule has 0 spiro atoms. The van der Waals surface area contributed by atoms with Gasteiger partial charge in [-0.3, -0.25) is 4.79 Å². The number of hydrogen-bond donors (Lipinski definition) is 0. The monoisotopic (exact) mass is 329 g/mol. The van der Waals surface area contributed by atoms with E-state index in [1.165, 1.54) is 11.1 Å². The van der Waals surface area contributed by atoms with Gasteiger partial charge in [-0.2, -0.15) is 0 Å². The summed E-state index contributed by atoms with van der Waals surface area (Å²) in [4.78, 5) is 14.4. The average molecular weight is 330 g/mol. The Morgan fingerprint density at radius 3 is 2.55 bits per heavy atom. The number of fused-ring (bicyclic) bond motifs is 1. The minimum Gasteiger partial charge on any atom is -0.338 e. The van der Waals surface area contributed by atoms with Crippen LogP contribution in [0.3, 0.4) is 0 Å². The van der Waals surface area contributed by atoms with Gasteiger partial charge in [-0.25, -0.2) is 0 Å². The number of hydrogen-bond acceptors (Lipinski definition) is 1. The molecule has 2 aromatic carbocycles. The number of benzene rings is 2. The van der Waals surface area contributed by atoms with E-state index in [9.17, 15) is 4.79 Å². The van der Waals surface area contributed by atoms with Crippen molar-refractivity contribution in [1.29, 1.82) is 0 Å². The molecule has 0 fully saturated rings. The van der Waals surface area contributed by atoms with Crippen molar-refractivity contribution in [3.8, 4) is 0 Å². The molecule has 0 N–H and O–H groups in total. The molecular weight excluding hydrogens is 314 g/mol. The Labute approximate surface area is 127 Å². The van der Waals surface area contributed by atoms with E-state index >= 15 is 0 Å². The van der Waals surface area contributed by atoms with E-state index in [2.05, 4.69) is 34.1 Å². The SMILES string of the molecule is O=C(Cc1ccccc1Br)N1CCc2ccccc2C1. The molecular formula is C17H16BrNO. The zero-order valence-electron chi connectivity index (χ0n) is 11.2. The second kappa shape index (κ2) is 5.80. The lowest BCUT2D eigenvalue weighted by Crippen LogP contribution is -2.36. The molecule has 0 radical (unpaired) electrons. The maximum absolute atomic E-state index is 12.4. The smallest absolute Gasteiger partial charge is 0.227 e. The molecule has 1 aliphatic rings.